The molecule has 1 aliphatic carbocycles. The lowest BCUT2D eigenvalue weighted by molar-refractivity contribution is 0.644. The summed E-state index contributed by atoms with van der Waals surface area (Å²) >= 11 is 1.78. The van der Waals surface area contributed by atoms with E-state index >= 15 is 0 Å². The third-order valence-corrected chi connectivity index (χ3v) is 4.17. The highest BCUT2D eigenvalue weighted by Crippen LogP contribution is 2.25. The summed E-state index contributed by atoms with van der Waals surface area (Å²) in [7, 11) is 0. The molecule has 1 N–H and O–H groups in total. The molecule has 1 unspecified atom stereocenters. The van der Waals surface area contributed by atoms with Gasteiger partial charge in [0.25, 0.3) is 0 Å². The predicted octanol–water partition coefficient (Wildman–Crippen LogP) is 3.04. The summed E-state index contributed by atoms with van der Waals surface area (Å²) in [6, 6.07) is 9.40. The number of nitrogens with zero attached hydrogens (tertiary/aromatic N) is 1. The third-order valence-electron chi connectivity index (χ3n) is 2.92. The van der Waals surface area contributed by atoms with E-state index in [1.807, 2.05) is 0 Å². The molecule has 0 aliphatic heterocycles. The van der Waals surface area contributed by atoms with E-state index in [0.29, 0.717) is 6.04 Å². The molecule has 0 saturated heterocycles. The maximum atomic E-state index is 9.08. The molecule has 1 fully saturated rings. The summed E-state index contributed by atoms with van der Waals surface area (Å²) in [4.78, 5) is 1.29. The van der Waals surface area contributed by atoms with Crippen LogP contribution < -0.4 is 5.32 Å². The van der Waals surface area contributed by atoms with Crippen molar-refractivity contribution in [2.45, 2.75) is 43.7 Å². The van der Waals surface area contributed by atoms with E-state index in [9.17, 15) is 0 Å². The summed E-state index contributed by atoms with van der Waals surface area (Å²) in [5.41, 5.74) is 2.57. The van der Waals surface area contributed by atoms with Gasteiger partial charge >= 0.3 is 0 Å². The van der Waals surface area contributed by atoms with E-state index in [4.69, 9.17) is 5.26 Å². The molecule has 2 rings (SSSR count). The van der Waals surface area contributed by atoms with Crippen LogP contribution in [-0.2, 0) is 0 Å². The summed E-state index contributed by atoms with van der Waals surface area (Å²) in [6.07, 6.45) is 2.46. The Morgan fingerprint density at radius 2 is 2.24 bits per heavy atom. The highest BCUT2D eigenvalue weighted by atomic mass is 32.2. The van der Waals surface area contributed by atoms with Crippen molar-refractivity contribution in [3.8, 4) is 6.07 Å². The zero-order chi connectivity index (χ0) is 12.3. The minimum absolute atomic E-state index is 0.0209. The summed E-state index contributed by atoms with van der Waals surface area (Å²) < 4.78 is 0. The molecule has 2 nitrogen and oxygen atoms in total. The summed E-state index contributed by atoms with van der Waals surface area (Å²) in [6.45, 7) is 4.23. The molecule has 0 radical (unpaired) electrons. The Bertz CT molecular complexity index is 432. The van der Waals surface area contributed by atoms with Crippen LogP contribution in [0.25, 0.3) is 0 Å². The first kappa shape index (κ1) is 12.5. The monoisotopic (exact) mass is 246 g/mol. The number of hydrogen-bond donors (Lipinski definition) is 1. The Morgan fingerprint density at radius 3 is 2.88 bits per heavy atom. The normalized spacial score (nSPS) is 16.5. The van der Waals surface area contributed by atoms with Crippen LogP contribution in [0.3, 0.4) is 0 Å². The first-order valence-corrected chi connectivity index (χ1v) is 7.03. The highest BCUT2D eigenvalue weighted by molar-refractivity contribution is 7.99. The van der Waals surface area contributed by atoms with Crippen molar-refractivity contribution in [3.63, 3.8) is 0 Å². The van der Waals surface area contributed by atoms with Crippen LogP contribution in [0.5, 0.6) is 0 Å². The van der Waals surface area contributed by atoms with Crippen LogP contribution in [0.1, 0.15) is 24.0 Å². The maximum absolute atomic E-state index is 9.08. The molecule has 1 aliphatic rings. The molecule has 0 amide bonds. The van der Waals surface area contributed by atoms with E-state index in [2.05, 4.69) is 43.4 Å². The fourth-order valence-electron chi connectivity index (χ4n) is 1.69. The van der Waals surface area contributed by atoms with Crippen molar-refractivity contribution in [2.75, 3.05) is 5.75 Å². The fourth-order valence-corrected chi connectivity index (χ4v) is 2.78. The Morgan fingerprint density at radius 1 is 1.47 bits per heavy atom. The fraction of sp³-hybridized carbons (Fsp3) is 0.500. The quantitative estimate of drug-likeness (QED) is 0.811. The van der Waals surface area contributed by atoms with Gasteiger partial charge in [0.1, 0.15) is 6.04 Å². The molecule has 3 heteroatoms. The lowest BCUT2D eigenvalue weighted by Crippen LogP contribution is -2.31. The molecular formula is C14H18N2S. The molecular weight excluding hydrogens is 228 g/mol. The van der Waals surface area contributed by atoms with Gasteiger partial charge in [-0.1, -0.05) is 17.7 Å². The summed E-state index contributed by atoms with van der Waals surface area (Å²) in [5, 5.41) is 12.4. The van der Waals surface area contributed by atoms with Crippen molar-refractivity contribution in [2.24, 2.45) is 0 Å². The second-order valence-corrected chi connectivity index (χ2v) is 5.76. The van der Waals surface area contributed by atoms with Crippen LogP contribution in [0.15, 0.2) is 23.1 Å². The number of hydrogen-bond acceptors (Lipinski definition) is 3. The maximum Gasteiger partial charge on any atom is 0.105 e. The molecule has 1 aromatic rings. The van der Waals surface area contributed by atoms with Crippen LogP contribution >= 0.6 is 11.8 Å². The van der Waals surface area contributed by atoms with Crippen molar-refractivity contribution < 1.29 is 0 Å². The van der Waals surface area contributed by atoms with Gasteiger partial charge in [0, 0.05) is 16.7 Å². The van der Waals surface area contributed by atoms with Gasteiger partial charge < -0.3 is 0 Å². The topological polar surface area (TPSA) is 35.8 Å². The second-order valence-electron chi connectivity index (χ2n) is 4.70. The largest absolute Gasteiger partial charge is 0.298 e. The Hall–Kier alpha value is -0.980. The Balaban J connectivity index is 1.91. The van der Waals surface area contributed by atoms with Gasteiger partial charge in [0.05, 0.1) is 6.07 Å². The van der Waals surface area contributed by atoms with Crippen LogP contribution in [0, 0.1) is 25.2 Å². The van der Waals surface area contributed by atoms with Crippen LogP contribution in [-0.4, -0.2) is 17.8 Å². The van der Waals surface area contributed by atoms with E-state index < -0.39 is 0 Å². The summed E-state index contributed by atoms with van der Waals surface area (Å²) in [5.74, 6) is 0.831. The highest BCUT2D eigenvalue weighted by Gasteiger charge is 2.24. The molecule has 0 bridgehead atoms. The number of thioether (sulfide) groups is 1. The van der Waals surface area contributed by atoms with Crippen LogP contribution in [0.4, 0.5) is 0 Å². The number of benzene rings is 1. The van der Waals surface area contributed by atoms with Crippen molar-refractivity contribution in [3.05, 3.63) is 29.3 Å². The van der Waals surface area contributed by atoms with Crippen molar-refractivity contribution in [1.29, 1.82) is 5.26 Å². The van der Waals surface area contributed by atoms with Gasteiger partial charge in [-0.05, 0) is 38.3 Å². The third kappa shape index (κ3) is 3.76. The Labute approximate surface area is 107 Å². The van der Waals surface area contributed by atoms with Gasteiger partial charge in [0.2, 0.25) is 0 Å². The molecule has 0 heterocycles. The van der Waals surface area contributed by atoms with E-state index in [0.717, 1.165) is 5.75 Å². The minimum atomic E-state index is -0.0209. The minimum Gasteiger partial charge on any atom is -0.298 e. The van der Waals surface area contributed by atoms with Gasteiger partial charge in [-0.25, -0.2) is 0 Å². The standard InChI is InChI=1S/C14H18N2S/c1-10-3-4-11(2)14(7-10)17-9-13(8-15)16-12-5-6-12/h3-4,7,12-13,16H,5-6,9H2,1-2H3. The van der Waals surface area contributed by atoms with E-state index in [1.165, 1.54) is 28.9 Å². The molecule has 1 saturated carbocycles. The smallest absolute Gasteiger partial charge is 0.105 e. The number of nitrogens with one attached hydrogen (secondary N) is 1. The average molecular weight is 246 g/mol. The molecule has 0 aromatic heterocycles. The SMILES string of the molecule is Cc1ccc(C)c(SCC(C#N)NC2CC2)c1. The molecule has 0 spiro atoms. The second kappa shape index (κ2) is 5.57. The lowest BCUT2D eigenvalue weighted by atomic mass is 10.2. The predicted molar refractivity (Wildman–Crippen MR) is 72.2 cm³/mol. The van der Waals surface area contributed by atoms with Gasteiger partial charge in [-0.3, -0.25) is 5.32 Å². The molecule has 90 valence electrons. The number of rotatable bonds is 5. The van der Waals surface area contributed by atoms with Crippen LogP contribution in [0.2, 0.25) is 0 Å². The van der Waals surface area contributed by atoms with Gasteiger partial charge in [-0.2, -0.15) is 5.26 Å². The number of nitriles is 1. The zero-order valence-corrected chi connectivity index (χ0v) is 11.2. The van der Waals surface area contributed by atoms with E-state index in [-0.39, 0.29) is 6.04 Å². The molecule has 17 heavy (non-hydrogen) atoms. The van der Waals surface area contributed by atoms with Gasteiger partial charge in [0.15, 0.2) is 0 Å². The zero-order valence-electron chi connectivity index (χ0n) is 10.4. The first-order chi connectivity index (χ1) is 8.19. The Kier molecular flexibility index (Phi) is 4.09. The number of aryl methyl sites for hydroxylation is 2. The van der Waals surface area contributed by atoms with Gasteiger partial charge in [-0.15, -0.1) is 11.8 Å². The first-order valence-electron chi connectivity index (χ1n) is 6.05. The molecule has 1 aromatic carbocycles. The van der Waals surface area contributed by atoms with Crippen molar-refractivity contribution >= 4 is 11.8 Å². The average Bonchev–Trinajstić information content (AvgIpc) is 3.12. The lowest BCUT2D eigenvalue weighted by Gasteiger charge is -2.11. The van der Waals surface area contributed by atoms with Crippen molar-refractivity contribution in [1.82, 2.24) is 5.32 Å². The molecule has 1 atom stereocenters. The van der Waals surface area contributed by atoms with E-state index in [1.54, 1.807) is 11.8 Å².